The summed E-state index contributed by atoms with van der Waals surface area (Å²) in [6.45, 7) is 1.40. The fourth-order valence-corrected chi connectivity index (χ4v) is 10.1. The molecule has 0 aliphatic carbocycles. The lowest BCUT2D eigenvalue weighted by atomic mass is 9.93. The van der Waals surface area contributed by atoms with Gasteiger partial charge in [0.05, 0.1) is 11.8 Å². The molecular formula is C54H58N8O10S2. The summed E-state index contributed by atoms with van der Waals surface area (Å²) in [5.41, 5.74) is 3.05. The van der Waals surface area contributed by atoms with E-state index in [0.717, 1.165) is 34.0 Å². The normalized spacial score (nSPS) is 14.9. The van der Waals surface area contributed by atoms with Crippen LogP contribution in [0.2, 0.25) is 0 Å². The van der Waals surface area contributed by atoms with Crippen LogP contribution in [0.15, 0.2) is 121 Å². The van der Waals surface area contributed by atoms with Gasteiger partial charge < -0.3 is 28.7 Å². The molecule has 6 aromatic rings. The minimum absolute atomic E-state index is 0.137. The Morgan fingerprint density at radius 1 is 0.541 bits per heavy atom. The van der Waals surface area contributed by atoms with E-state index >= 15 is 0 Å². The van der Waals surface area contributed by atoms with Gasteiger partial charge in [0.1, 0.15) is 36.4 Å². The second-order valence-corrected chi connectivity index (χ2v) is 20.1. The Morgan fingerprint density at radius 3 is 1.49 bits per heavy atom. The summed E-state index contributed by atoms with van der Waals surface area (Å²) in [6, 6.07) is 36.9. The SMILES string of the molecule is O=C(COC(C(=O)Nc1nnc(CCCCc2nnc(NC(=O)C(COC(=O)C3CCN(C(=O)OCc4ccccc4)CC3)c3ccccc3)s2)s1)c1ccccc1)C1CCN(C(=O)OCc2ccccc2)CC1. The first-order valence-corrected chi connectivity index (χ1v) is 26.4. The van der Waals surface area contributed by atoms with Crippen molar-refractivity contribution < 1.29 is 47.7 Å². The van der Waals surface area contributed by atoms with Crippen LogP contribution in [-0.4, -0.2) is 105 Å². The number of aromatic nitrogens is 4. The van der Waals surface area contributed by atoms with E-state index in [9.17, 15) is 28.8 Å². The summed E-state index contributed by atoms with van der Waals surface area (Å²) in [7, 11) is 0. The summed E-state index contributed by atoms with van der Waals surface area (Å²) in [6.07, 6.45) is 2.58. The number of amides is 4. The van der Waals surface area contributed by atoms with Gasteiger partial charge in [0, 0.05) is 44.9 Å². The van der Waals surface area contributed by atoms with E-state index in [-0.39, 0.29) is 44.0 Å². The van der Waals surface area contributed by atoms with Crippen molar-refractivity contribution >= 4 is 68.7 Å². The highest BCUT2D eigenvalue weighted by atomic mass is 32.1. The summed E-state index contributed by atoms with van der Waals surface area (Å²) < 4.78 is 22.7. The summed E-state index contributed by atoms with van der Waals surface area (Å²) in [4.78, 5) is 82.4. The van der Waals surface area contributed by atoms with E-state index in [0.29, 0.717) is 86.1 Å². The molecule has 2 fully saturated rings. The van der Waals surface area contributed by atoms with Gasteiger partial charge in [-0.15, -0.1) is 20.4 Å². The van der Waals surface area contributed by atoms with Gasteiger partial charge in [-0.1, -0.05) is 144 Å². The molecule has 0 saturated carbocycles. The number of piperidine rings is 2. The maximum Gasteiger partial charge on any atom is 0.410 e. The van der Waals surface area contributed by atoms with Crippen LogP contribution in [0.5, 0.6) is 0 Å². The lowest BCUT2D eigenvalue weighted by Gasteiger charge is -2.30. The van der Waals surface area contributed by atoms with E-state index < -0.39 is 42.0 Å². The lowest BCUT2D eigenvalue weighted by molar-refractivity contribution is -0.151. The predicted molar refractivity (Wildman–Crippen MR) is 276 cm³/mol. The first kappa shape index (κ1) is 52.9. The average Bonchev–Trinajstić information content (AvgIpc) is 4.10. The number of rotatable bonds is 22. The zero-order valence-electron chi connectivity index (χ0n) is 40.8. The second kappa shape index (κ2) is 27.0. The maximum absolute atomic E-state index is 13.7. The van der Waals surface area contributed by atoms with Gasteiger partial charge in [-0.3, -0.25) is 29.8 Å². The molecule has 0 radical (unpaired) electrons. The molecule has 386 valence electrons. The third-order valence-electron chi connectivity index (χ3n) is 12.8. The number of anilines is 2. The molecule has 18 nitrogen and oxygen atoms in total. The van der Waals surface area contributed by atoms with Crippen molar-refractivity contribution in [3.05, 3.63) is 154 Å². The van der Waals surface area contributed by atoms with Gasteiger partial charge in [-0.25, -0.2) is 9.59 Å². The quantitative estimate of drug-likeness (QED) is 0.0370. The molecule has 2 unspecified atom stereocenters. The number of aryl methyl sites for hydroxylation is 2. The molecule has 2 aromatic heterocycles. The molecule has 0 bridgehead atoms. The highest BCUT2D eigenvalue weighted by molar-refractivity contribution is 7.15. The average molecular weight is 1040 g/mol. The third-order valence-corrected chi connectivity index (χ3v) is 14.6. The Balaban J connectivity index is 0.746. The van der Waals surface area contributed by atoms with Crippen molar-refractivity contribution in [3.8, 4) is 0 Å². The van der Waals surface area contributed by atoms with Crippen LogP contribution in [0, 0.1) is 11.8 Å². The number of carbonyl (C=O) groups is 6. The number of nitrogens with zero attached hydrogens (tertiary/aromatic N) is 6. The van der Waals surface area contributed by atoms with Gasteiger partial charge in [0.15, 0.2) is 11.9 Å². The number of unbranched alkanes of at least 4 members (excludes halogenated alkanes) is 1. The van der Waals surface area contributed by atoms with Crippen LogP contribution in [0.4, 0.5) is 19.9 Å². The molecule has 2 aliphatic rings. The highest BCUT2D eigenvalue weighted by Gasteiger charge is 2.33. The van der Waals surface area contributed by atoms with Crippen LogP contribution >= 0.6 is 22.7 Å². The van der Waals surface area contributed by atoms with Crippen molar-refractivity contribution in [1.29, 1.82) is 0 Å². The first-order valence-electron chi connectivity index (χ1n) is 24.7. The molecular weight excluding hydrogens is 985 g/mol. The fourth-order valence-electron chi connectivity index (χ4n) is 8.56. The fraction of sp³-hybridized carbons (Fsp3) is 0.370. The van der Waals surface area contributed by atoms with E-state index in [2.05, 4.69) is 31.0 Å². The van der Waals surface area contributed by atoms with Crippen LogP contribution in [-0.2, 0) is 64.2 Å². The van der Waals surface area contributed by atoms with Crippen LogP contribution in [0.1, 0.15) is 82.8 Å². The Bertz CT molecular complexity index is 2580. The number of ketones is 1. The first-order chi connectivity index (χ1) is 36.1. The molecule has 2 N–H and O–H groups in total. The van der Waals surface area contributed by atoms with E-state index in [1.807, 2.05) is 97.1 Å². The third kappa shape index (κ3) is 15.5. The number of hydrogen-bond donors (Lipinski definition) is 2. The van der Waals surface area contributed by atoms with Crippen molar-refractivity contribution in [1.82, 2.24) is 30.2 Å². The molecule has 4 heterocycles. The number of likely N-dealkylation sites (tertiary alicyclic amines) is 2. The number of ether oxygens (including phenoxy) is 4. The van der Waals surface area contributed by atoms with Gasteiger partial charge >= 0.3 is 18.2 Å². The van der Waals surface area contributed by atoms with Gasteiger partial charge in [-0.2, -0.15) is 0 Å². The number of hydrogen-bond acceptors (Lipinski definition) is 16. The van der Waals surface area contributed by atoms with E-state index in [1.54, 1.807) is 34.1 Å². The topological polar surface area (TPSA) is 221 Å². The number of Topliss-reactive ketones (excluding diaryl/α,β-unsaturated/α-hetero) is 1. The minimum atomic E-state index is -1.07. The Labute approximate surface area is 436 Å². The van der Waals surface area contributed by atoms with Crippen LogP contribution < -0.4 is 10.6 Å². The minimum Gasteiger partial charge on any atom is -0.464 e. The lowest BCUT2D eigenvalue weighted by Crippen LogP contribution is -2.41. The summed E-state index contributed by atoms with van der Waals surface area (Å²) in [5, 5.41) is 24.7. The number of benzene rings is 4. The monoisotopic (exact) mass is 1040 g/mol. The van der Waals surface area contributed by atoms with Gasteiger partial charge in [0.2, 0.25) is 16.2 Å². The summed E-state index contributed by atoms with van der Waals surface area (Å²) in [5.74, 6) is -2.94. The smallest absolute Gasteiger partial charge is 0.410 e. The molecule has 20 heteroatoms. The molecule has 2 aliphatic heterocycles. The van der Waals surface area contributed by atoms with E-state index in [1.165, 1.54) is 22.7 Å². The zero-order chi connectivity index (χ0) is 51.5. The molecule has 8 rings (SSSR count). The molecule has 4 aromatic carbocycles. The van der Waals surface area contributed by atoms with Crippen LogP contribution in [0.25, 0.3) is 0 Å². The molecule has 4 amide bonds. The Morgan fingerprint density at radius 2 is 0.986 bits per heavy atom. The standard InChI is InChI=1S/C54H58N8O10S2/c63-44(40-25-29-61(30-26-40)53(67)71-33-37-15-5-1-6-16-37)36-69-47(41-21-11-4-12-22-41)49(65)56-52-60-58-46(74-52)24-14-13-23-45-57-59-51(73-45)55-48(64)43(39-19-9-3-10-20-39)35-70-50(66)42-27-31-62(32-28-42)54(68)72-34-38-17-7-2-8-18-38/h1-12,15-22,40,42-43,47H,13-14,23-36H2,(H,55,59,64)(H,56,60,65). The van der Waals surface area contributed by atoms with Crippen LogP contribution in [0.3, 0.4) is 0 Å². The molecule has 0 spiro atoms. The largest absolute Gasteiger partial charge is 0.464 e. The Kier molecular flexibility index (Phi) is 19.3. The number of esters is 1. The molecule has 2 atom stereocenters. The van der Waals surface area contributed by atoms with E-state index in [4.69, 9.17) is 18.9 Å². The predicted octanol–water partition coefficient (Wildman–Crippen LogP) is 8.58. The molecule has 74 heavy (non-hydrogen) atoms. The van der Waals surface area contributed by atoms with Gasteiger partial charge in [0.25, 0.3) is 5.91 Å². The Hall–Kier alpha value is -7.42. The highest BCUT2D eigenvalue weighted by Crippen LogP contribution is 2.28. The number of nitrogens with one attached hydrogen (secondary N) is 2. The second-order valence-electron chi connectivity index (χ2n) is 18.0. The molecule has 2 saturated heterocycles. The van der Waals surface area contributed by atoms with Crippen molar-refractivity contribution in [2.24, 2.45) is 11.8 Å². The zero-order valence-corrected chi connectivity index (χ0v) is 42.4. The van der Waals surface area contributed by atoms with Crippen molar-refractivity contribution in [3.63, 3.8) is 0 Å². The maximum atomic E-state index is 13.7. The van der Waals surface area contributed by atoms with Crippen molar-refractivity contribution in [2.75, 3.05) is 50.0 Å². The van der Waals surface area contributed by atoms with Gasteiger partial charge in [-0.05, 0) is 60.8 Å². The van der Waals surface area contributed by atoms with Crippen molar-refractivity contribution in [2.45, 2.75) is 76.6 Å². The number of carbonyl (C=O) groups excluding carboxylic acids is 6. The summed E-state index contributed by atoms with van der Waals surface area (Å²) >= 11 is 2.53.